The van der Waals surface area contributed by atoms with Gasteiger partial charge in [-0.05, 0) is 6.42 Å². The molecule has 0 N–H and O–H groups in total. The fourth-order valence-corrected chi connectivity index (χ4v) is 2.82. The van der Waals surface area contributed by atoms with Gasteiger partial charge in [-0.15, -0.1) is 0 Å². The van der Waals surface area contributed by atoms with Crippen molar-refractivity contribution in [3.63, 3.8) is 0 Å². The predicted molar refractivity (Wildman–Crippen MR) is 58.9 cm³/mol. The van der Waals surface area contributed by atoms with Crippen LogP contribution in [-0.2, 0) is 9.47 Å². The number of halogens is 5. The molecule has 1 unspecified atom stereocenters. The third-order valence-electron chi connectivity index (χ3n) is 2.43. The van der Waals surface area contributed by atoms with Gasteiger partial charge in [0.1, 0.15) is 5.25 Å². The van der Waals surface area contributed by atoms with Crippen molar-refractivity contribution >= 4 is 10.2 Å². The topological polar surface area (TPSA) is 18.5 Å². The summed E-state index contributed by atoms with van der Waals surface area (Å²) in [6.45, 7) is 1.78. The summed E-state index contributed by atoms with van der Waals surface area (Å²) in [5.74, 6) is 0. The highest BCUT2D eigenvalue weighted by atomic mass is 32.5. The summed E-state index contributed by atoms with van der Waals surface area (Å²) >= 11 is 0. The summed E-state index contributed by atoms with van der Waals surface area (Å²) in [5, 5.41) is -2.85. The van der Waals surface area contributed by atoms with Crippen LogP contribution in [0.25, 0.3) is 0 Å². The molecule has 108 valence electrons. The van der Waals surface area contributed by atoms with Crippen molar-refractivity contribution in [2.24, 2.45) is 0 Å². The minimum atomic E-state index is -9.60. The van der Waals surface area contributed by atoms with E-state index in [2.05, 4.69) is 9.47 Å². The van der Waals surface area contributed by atoms with E-state index in [0.29, 0.717) is 12.8 Å². The van der Waals surface area contributed by atoms with Gasteiger partial charge in [-0.1, -0.05) is 45.6 Å². The Morgan fingerprint density at radius 1 is 0.941 bits per heavy atom. The maximum atomic E-state index is 12.8. The number of rotatable bonds is 8. The molecule has 2 nitrogen and oxygen atoms in total. The van der Waals surface area contributed by atoms with Gasteiger partial charge in [-0.2, -0.15) is 0 Å². The molecule has 0 saturated heterocycles. The van der Waals surface area contributed by atoms with E-state index < -0.39 is 28.2 Å². The highest BCUT2D eigenvalue weighted by Crippen LogP contribution is 3.01. The van der Waals surface area contributed by atoms with Gasteiger partial charge in [0.25, 0.3) is 10.2 Å². The average Bonchev–Trinajstić information content (AvgIpc) is 2.13. The Morgan fingerprint density at radius 3 is 1.71 bits per heavy atom. The largest absolute Gasteiger partial charge is 0.354 e. The first kappa shape index (κ1) is 16.9. The predicted octanol–water partition coefficient (Wildman–Crippen LogP) is 4.85. The molecular formula is C9H19F5O2S. The Bertz CT molecular complexity index is 235. The van der Waals surface area contributed by atoms with E-state index in [9.17, 15) is 19.4 Å². The molecule has 0 amide bonds. The van der Waals surface area contributed by atoms with Crippen LogP contribution >= 0.6 is 10.2 Å². The number of unbranched alkanes of at least 4 members (excludes halogenated alkanes) is 2. The maximum absolute atomic E-state index is 12.8. The molecule has 0 aromatic rings. The number of methoxy groups -OCH3 is 2. The van der Waals surface area contributed by atoms with E-state index >= 15 is 0 Å². The Labute approximate surface area is 98.2 Å². The first-order chi connectivity index (χ1) is 7.46. The molecule has 0 radical (unpaired) electrons. The molecule has 1 atom stereocenters. The van der Waals surface area contributed by atoms with Crippen molar-refractivity contribution in [3.8, 4) is 0 Å². The molecule has 0 saturated carbocycles. The highest BCUT2D eigenvalue weighted by Gasteiger charge is 2.72. The summed E-state index contributed by atoms with van der Waals surface area (Å²) in [7, 11) is -7.76. The quantitative estimate of drug-likeness (QED) is 0.360. The Hall–Kier alpha value is -0.0800. The Balaban J connectivity index is 5.00. The zero-order valence-corrected chi connectivity index (χ0v) is 10.9. The summed E-state index contributed by atoms with van der Waals surface area (Å²) < 4.78 is 72.6. The lowest BCUT2D eigenvalue weighted by atomic mass is 10.1. The van der Waals surface area contributed by atoms with Crippen molar-refractivity contribution < 1.29 is 28.9 Å². The van der Waals surface area contributed by atoms with Gasteiger partial charge in [0.15, 0.2) is 6.29 Å². The lowest BCUT2D eigenvalue weighted by Gasteiger charge is -2.48. The molecule has 0 aromatic heterocycles. The highest BCUT2D eigenvalue weighted by molar-refractivity contribution is 8.46. The van der Waals surface area contributed by atoms with E-state index in [1.165, 1.54) is 0 Å². The first-order valence-electron chi connectivity index (χ1n) is 5.24. The molecular weight excluding hydrogens is 267 g/mol. The molecule has 17 heavy (non-hydrogen) atoms. The minimum Gasteiger partial charge on any atom is -0.354 e. The van der Waals surface area contributed by atoms with Crippen LogP contribution in [0, 0.1) is 0 Å². The normalized spacial score (nSPS) is 18.9. The van der Waals surface area contributed by atoms with Crippen LogP contribution < -0.4 is 0 Å². The lowest BCUT2D eigenvalue weighted by Crippen LogP contribution is -2.39. The standard InChI is InChI=1S/C9H19F5O2S/c1-4-5-6-7-8(9(15-2)16-3)17(10,11,12,13)14/h8-9H,4-7H2,1-3H3. The minimum absolute atomic E-state index is 0.0655. The van der Waals surface area contributed by atoms with Gasteiger partial charge in [0, 0.05) is 14.2 Å². The van der Waals surface area contributed by atoms with E-state index in [1.54, 1.807) is 6.92 Å². The molecule has 0 bridgehead atoms. The number of hydrogen-bond acceptors (Lipinski definition) is 2. The van der Waals surface area contributed by atoms with Crippen molar-refractivity contribution in [2.75, 3.05) is 14.2 Å². The first-order valence-corrected chi connectivity index (χ1v) is 7.26. The van der Waals surface area contributed by atoms with Gasteiger partial charge in [0.2, 0.25) is 0 Å². The molecule has 0 aromatic carbocycles. The smallest absolute Gasteiger partial charge is 0.292 e. The zero-order valence-electron chi connectivity index (χ0n) is 10.1. The van der Waals surface area contributed by atoms with Gasteiger partial charge in [-0.25, -0.2) is 0 Å². The summed E-state index contributed by atoms with van der Waals surface area (Å²) in [6.07, 6.45) is -1.46. The van der Waals surface area contributed by atoms with Crippen LogP contribution in [0.4, 0.5) is 19.4 Å². The molecule has 0 spiro atoms. The van der Waals surface area contributed by atoms with Crippen LogP contribution in [0.2, 0.25) is 0 Å². The Kier molecular flexibility index (Phi) is 4.87. The zero-order chi connectivity index (χ0) is 13.8. The van der Waals surface area contributed by atoms with E-state index in [1.807, 2.05) is 0 Å². The van der Waals surface area contributed by atoms with Crippen molar-refractivity contribution in [2.45, 2.75) is 44.1 Å². The third-order valence-corrected chi connectivity index (χ3v) is 4.03. The Morgan fingerprint density at radius 2 is 1.41 bits per heavy atom. The number of ether oxygens (including phenoxy) is 2. The SMILES string of the molecule is CCCCCC(C(OC)OC)S(F)(F)(F)(F)F. The van der Waals surface area contributed by atoms with Crippen LogP contribution in [0.3, 0.4) is 0 Å². The van der Waals surface area contributed by atoms with E-state index in [-0.39, 0.29) is 6.42 Å². The van der Waals surface area contributed by atoms with Crippen LogP contribution in [0.15, 0.2) is 0 Å². The molecule has 0 aliphatic carbocycles. The molecule has 8 heteroatoms. The van der Waals surface area contributed by atoms with Crippen LogP contribution in [0.5, 0.6) is 0 Å². The molecule has 0 rings (SSSR count). The molecule has 0 aliphatic heterocycles. The van der Waals surface area contributed by atoms with Crippen LogP contribution in [0.1, 0.15) is 32.6 Å². The molecule has 0 aliphatic rings. The van der Waals surface area contributed by atoms with Crippen molar-refractivity contribution in [1.29, 1.82) is 0 Å². The fraction of sp³-hybridized carbons (Fsp3) is 1.00. The van der Waals surface area contributed by atoms with E-state index in [4.69, 9.17) is 0 Å². The molecule has 0 heterocycles. The van der Waals surface area contributed by atoms with Gasteiger partial charge < -0.3 is 9.47 Å². The third kappa shape index (κ3) is 5.87. The lowest BCUT2D eigenvalue weighted by molar-refractivity contribution is -0.109. The van der Waals surface area contributed by atoms with Crippen molar-refractivity contribution in [1.82, 2.24) is 0 Å². The fourth-order valence-electron chi connectivity index (χ4n) is 1.56. The summed E-state index contributed by atoms with van der Waals surface area (Å²) in [6, 6.07) is 0. The van der Waals surface area contributed by atoms with Gasteiger partial charge in [0.05, 0.1) is 0 Å². The van der Waals surface area contributed by atoms with Crippen LogP contribution in [-0.4, -0.2) is 25.8 Å². The monoisotopic (exact) mass is 286 g/mol. The van der Waals surface area contributed by atoms with Crippen molar-refractivity contribution in [3.05, 3.63) is 0 Å². The van der Waals surface area contributed by atoms with Gasteiger partial charge >= 0.3 is 0 Å². The summed E-state index contributed by atoms with van der Waals surface area (Å²) in [5.41, 5.74) is 0. The number of hydrogen-bond donors (Lipinski definition) is 0. The second-order valence-corrected chi connectivity index (χ2v) is 6.57. The van der Waals surface area contributed by atoms with E-state index in [0.717, 1.165) is 14.2 Å². The average molecular weight is 286 g/mol. The summed E-state index contributed by atoms with van der Waals surface area (Å²) in [4.78, 5) is 0. The van der Waals surface area contributed by atoms with Gasteiger partial charge in [-0.3, -0.25) is 0 Å². The second-order valence-electron chi connectivity index (χ2n) is 3.90. The second kappa shape index (κ2) is 4.89. The molecule has 0 fully saturated rings. The maximum Gasteiger partial charge on any atom is 0.292 e.